The number of rotatable bonds is 3. The van der Waals surface area contributed by atoms with Crippen molar-refractivity contribution in [2.24, 2.45) is 0 Å². The average molecular weight is 234 g/mol. The van der Waals surface area contributed by atoms with Crippen LogP contribution in [0.4, 0.5) is 5.82 Å². The maximum absolute atomic E-state index is 11.3. The number of fused-ring (bicyclic) bond motifs is 1. The second kappa shape index (κ2) is 4.40. The lowest BCUT2D eigenvalue weighted by molar-refractivity contribution is -0.141. The zero-order valence-corrected chi connectivity index (χ0v) is 9.97. The van der Waals surface area contributed by atoms with Gasteiger partial charge < -0.3 is 10.1 Å². The SMILES string of the molecule is COC(=O)C(C)Nc1cc(C)cc2ncnn12. The maximum Gasteiger partial charge on any atom is 0.328 e. The summed E-state index contributed by atoms with van der Waals surface area (Å²) in [5.41, 5.74) is 1.79. The van der Waals surface area contributed by atoms with Crippen LogP contribution in [0.1, 0.15) is 12.5 Å². The van der Waals surface area contributed by atoms with Gasteiger partial charge in [0, 0.05) is 0 Å². The van der Waals surface area contributed by atoms with E-state index in [4.69, 9.17) is 0 Å². The third-order valence-corrected chi connectivity index (χ3v) is 2.44. The molecule has 1 atom stereocenters. The summed E-state index contributed by atoms with van der Waals surface area (Å²) in [6.45, 7) is 3.69. The molecule has 0 bridgehead atoms. The molecule has 6 nitrogen and oxygen atoms in total. The van der Waals surface area contributed by atoms with E-state index in [0.717, 1.165) is 17.0 Å². The minimum Gasteiger partial charge on any atom is -0.467 e. The van der Waals surface area contributed by atoms with E-state index in [1.165, 1.54) is 13.4 Å². The molecule has 17 heavy (non-hydrogen) atoms. The molecule has 90 valence electrons. The number of carbonyl (C=O) groups excluding carboxylic acids is 1. The van der Waals surface area contributed by atoms with E-state index in [2.05, 4.69) is 20.1 Å². The second-order valence-electron chi connectivity index (χ2n) is 3.84. The average Bonchev–Trinajstić information content (AvgIpc) is 2.75. The van der Waals surface area contributed by atoms with Crippen molar-refractivity contribution in [1.29, 1.82) is 0 Å². The van der Waals surface area contributed by atoms with Gasteiger partial charge in [-0.25, -0.2) is 9.78 Å². The fraction of sp³-hybridized carbons (Fsp3) is 0.364. The van der Waals surface area contributed by atoms with Crippen LogP contribution in [0.15, 0.2) is 18.5 Å². The minimum absolute atomic E-state index is 0.320. The van der Waals surface area contributed by atoms with Crippen molar-refractivity contribution in [1.82, 2.24) is 14.6 Å². The van der Waals surface area contributed by atoms with Gasteiger partial charge in [-0.05, 0) is 31.5 Å². The molecule has 0 aliphatic rings. The molecule has 0 fully saturated rings. The van der Waals surface area contributed by atoms with Crippen molar-refractivity contribution < 1.29 is 9.53 Å². The fourth-order valence-electron chi connectivity index (χ4n) is 1.62. The summed E-state index contributed by atoms with van der Waals surface area (Å²) in [6.07, 6.45) is 1.47. The molecule has 0 spiro atoms. The van der Waals surface area contributed by atoms with Gasteiger partial charge in [0.15, 0.2) is 5.65 Å². The number of aryl methyl sites for hydroxylation is 1. The van der Waals surface area contributed by atoms with Gasteiger partial charge in [0.2, 0.25) is 0 Å². The third kappa shape index (κ3) is 2.20. The summed E-state index contributed by atoms with van der Waals surface area (Å²) >= 11 is 0. The highest BCUT2D eigenvalue weighted by atomic mass is 16.5. The first kappa shape index (κ1) is 11.4. The van der Waals surface area contributed by atoms with Gasteiger partial charge in [0.05, 0.1) is 7.11 Å². The van der Waals surface area contributed by atoms with E-state index >= 15 is 0 Å². The molecule has 0 saturated heterocycles. The lowest BCUT2D eigenvalue weighted by Crippen LogP contribution is -2.28. The van der Waals surface area contributed by atoms with Crippen LogP contribution in [0, 0.1) is 6.92 Å². The fourth-order valence-corrected chi connectivity index (χ4v) is 1.62. The van der Waals surface area contributed by atoms with Crippen molar-refractivity contribution in [3.63, 3.8) is 0 Å². The molecule has 0 radical (unpaired) electrons. The minimum atomic E-state index is -0.436. The molecule has 0 aliphatic heterocycles. The Hall–Kier alpha value is -2.11. The molecular weight excluding hydrogens is 220 g/mol. The van der Waals surface area contributed by atoms with E-state index in [9.17, 15) is 4.79 Å². The normalized spacial score (nSPS) is 12.4. The standard InChI is InChI=1S/C11H14N4O2/c1-7-4-9-12-6-13-15(9)10(5-7)14-8(2)11(16)17-3/h4-6,8,14H,1-3H3. The molecule has 2 rings (SSSR count). The highest BCUT2D eigenvalue weighted by Crippen LogP contribution is 2.14. The summed E-state index contributed by atoms with van der Waals surface area (Å²) in [7, 11) is 1.36. The van der Waals surface area contributed by atoms with Crippen LogP contribution in [0.5, 0.6) is 0 Å². The molecule has 1 N–H and O–H groups in total. The first-order valence-corrected chi connectivity index (χ1v) is 5.26. The molecule has 0 aromatic carbocycles. The number of ether oxygens (including phenoxy) is 1. The Labute approximate surface area is 98.6 Å². The summed E-state index contributed by atoms with van der Waals surface area (Å²) in [4.78, 5) is 15.5. The van der Waals surface area contributed by atoms with Gasteiger partial charge in [-0.1, -0.05) is 0 Å². The number of hydrogen-bond acceptors (Lipinski definition) is 5. The lowest BCUT2D eigenvalue weighted by atomic mass is 10.2. The number of methoxy groups -OCH3 is 1. The number of hydrogen-bond donors (Lipinski definition) is 1. The van der Waals surface area contributed by atoms with Crippen molar-refractivity contribution in [2.45, 2.75) is 19.9 Å². The zero-order valence-electron chi connectivity index (χ0n) is 9.97. The molecule has 0 amide bonds. The van der Waals surface area contributed by atoms with Crippen LogP contribution in [0.25, 0.3) is 5.65 Å². The van der Waals surface area contributed by atoms with E-state index in [1.54, 1.807) is 11.4 Å². The number of nitrogens with one attached hydrogen (secondary N) is 1. The monoisotopic (exact) mass is 234 g/mol. The Balaban J connectivity index is 2.34. The van der Waals surface area contributed by atoms with Crippen molar-refractivity contribution in [3.8, 4) is 0 Å². The maximum atomic E-state index is 11.3. The number of aromatic nitrogens is 3. The summed E-state index contributed by atoms with van der Waals surface area (Å²) in [5.74, 6) is 0.398. The highest BCUT2D eigenvalue weighted by Gasteiger charge is 2.14. The Bertz CT molecular complexity index is 549. The zero-order chi connectivity index (χ0) is 12.4. The summed E-state index contributed by atoms with van der Waals surface area (Å²) in [5, 5.41) is 7.14. The van der Waals surface area contributed by atoms with Crippen LogP contribution in [-0.4, -0.2) is 33.7 Å². The van der Waals surface area contributed by atoms with E-state index in [-0.39, 0.29) is 5.97 Å². The number of nitrogens with zero attached hydrogens (tertiary/aromatic N) is 3. The number of carbonyl (C=O) groups is 1. The molecular formula is C11H14N4O2. The molecule has 6 heteroatoms. The molecule has 1 unspecified atom stereocenters. The van der Waals surface area contributed by atoms with Gasteiger partial charge >= 0.3 is 5.97 Å². The number of pyridine rings is 1. The van der Waals surface area contributed by atoms with Crippen LogP contribution in [-0.2, 0) is 9.53 Å². The van der Waals surface area contributed by atoms with E-state index < -0.39 is 6.04 Å². The predicted octanol–water partition coefficient (Wildman–Crippen LogP) is 1.01. The Morgan fingerprint density at radius 1 is 1.53 bits per heavy atom. The predicted molar refractivity (Wildman–Crippen MR) is 62.8 cm³/mol. The van der Waals surface area contributed by atoms with Gasteiger partial charge in [-0.3, -0.25) is 0 Å². The lowest BCUT2D eigenvalue weighted by Gasteiger charge is -2.14. The number of esters is 1. The smallest absolute Gasteiger partial charge is 0.328 e. The summed E-state index contributed by atoms with van der Waals surface area (Å²) in [6, 6.07) is 3.39. The summed E-state index contributed by atoms with van der Waals surface area (Å²) < 4.78 is 6.31. The highest BCUT2D eigenvalue weighted by molar-refractivity contribution is 5.78. The molecule has 2 aromatic heterocycles. The largest absolute Gasteiger partial charge is 0.467 e. The second-order valence-corrected chi connectivity index (χ2v) is 3.84. The first-order valence-electron chi connectivity index (χ1n) is 5.26. The van der Waals surface area contributed by atoms with E-state index in [1.807, 2.05) is 19.1 Å². The van der Waals surface area contributed by atoms with E-state index in [0.29, 0.717) is 0 Å². The molecule has 2 heterocycles. The van der Waals surface area contributed by atoms with Gasteiger partial charge in [0.25, 0.3) is 0 Å². The molecule has 0 aliphatic carbocycles. The van der Waals surface area contributed by atoms with Crippen LogP contribution in [0.3, 0.4) is 0 Å². The van der Waals surface area contributed by atoms with Gasteiger partial charge in [0.1, 0.15) is 18.2 Å². The Morgan fingerprint density at radius 3 is 3.00 bits per heavy atom. The topological polar surface area (TPSA) is 68.5 Å². The van der Waals surface area contributed by atoms with Crippen molar-refractivity contribution in [2.75, 3.05) is 12.4 Å². The van der Waals surface area contributed by atoms with Crippen molar-refractivity contribution >= 4 is 17.4 Å². The molecule has 0 saturated carbocycles. The Morgan fingerprint density at radius 2 is 2.29 bits per heavy atom. The molecule has 2 aromatic rings. The van der Waals surface area contributed by atoms with Gasteiger partial charge in [-0.15, -0.1) is 0 Å². The third-order valence-electron chi connectivity index (χ3n) is 2.44. The van der Waals surface area contributed by atoms with Crippen LogP contribution >= 0.6 is 0 Å². The van der Waals surface area contributed by atoms with Crippen LogP contribution in [0.2, 0.25) is 0 Å². The van der Waals surface area contributed by atoms with Crippen LogP contribution < -0.4 is 5.32 Å². The quantitative estimate of drug-likeness (QED) is 0.803. The number of anilines is 1. The van der Waals surface area contributed by atoms with Gasteiger partial charge in [-0.2, -0.15) is 9.61 Å². The Kier molecular flexibility index (Phi) is 2.95. The first-order chi connectivity index (χ1) is 8.11. The van der Waals surface area contributed by atoms with Crippen molar-refractivity contribution in [3.05, 3.63) is 24.0 Å².